The van der Waals surface area contributed by atoms with E-state index < -0.39 is 0 Å². The Morgan fingerprint density at radius 1 is 1.06 bits per heavy atom. The molecular weight excluding hydrogens is 432 g/mol. The molecule has 0 spiro atoms. The van der Waals surface area contributed by atoms with Gasteiger partial charge in [-0.05, 0) is 49.9 Å². The quantitative estimate of drug-likeness (QED) is 0.718. The lowest BCUT2D eigenvalue weighted by Crippen LogP contribution is -2.49. The Balaban J connectivity index is 1.36. The van der Waals surface area contributed by atoms with E-state index in [1.807, 2.05) is 4.90 Å². The number of halogens is 1. The van der Waals surface area contributed by atoms with E-state index in [0.717, 1.165) is 12.8 Å². The van der Waals surface area contributed by atoms with E-state index in [1.165, 1.54) is 6.20 Å². The van der Waals surface area contributed by atoms with Crippen LogP contribution in [-0.2, 0) is 14.3 Å². The van der Waals surface area contributed by atoms with Crippen LogP contribution in [0, 0.1) is 5.92 Å². The predicted octanol–water partition coefficient (Wildman–Crippen LogP) is 3.34. The first-order valence-corrected chi connectivity index (χ1v) is 11.1. The number of morpholine rings is 1. The lowest BCUT2D eigenvalue weighted by Gasteiger charge is -2.38. The van der Waals surface area contributed by atoms with Crippen LogP contribution in [0.2, 0.25) is 5.02 Å². The number of carbonyl (C=O) groups excluding carboxylic acids is 3. The van der Waals surface area contributed by atoms with Gasteiger partial charge in [-0.3, -0.25) is 14.4 Å². The predicted molar refractivity (Wildman–Crippen MR) is 121 cm³/mol. The molecule has 1 aliphatic carbocycles. The average Bonchev–Trinajstić information content (AvgIpc) is 2.81. The zero-order valence-corrected chi connectivity index (χ0v) is 18.3. The minimum atomic E-state index is -0.370. The lowest BCUT2D eigenvalue weighted by atomic mass is 9.84. The Kier molecular flexibility index (Phi) is 7.02. The zero-order valence-electron chi connectivity index (χ0n) is 17.6. The number of nitrogens with zero attached hydrogens (tertiary/aromatic N) is 2. The summed E-state index contributed by atoms with van der Waals surface area (Å²) in [6.07, 6.45) is 4.42. The first kappa shape index (κ1) is 22.2. The van der Waals surface area contributed by atoms with E-state index in [-0.39, 0.29) is 36.3 Å². The summed E-state index contributed by atoms with van der Waals surface area (Å²) in [7, 11) is 0. The fourth-order valence-corrected chi connectivity index (χ4v) is 4.34. The number of carbonyl (C=O) groups is 3. The summed E-state index contributed by atoms with van der Waals surface area (Å²) < 4.78 is 5.20. The van der Waals surface area contributed by atoms with Crippen molar-refractivity contribution in [1.82, 2.24) is 9.88 Å². The first-order chi connectivity index (χ1) is 15.5. The largest absolute Gasteiger partial charge is 0.370 e. The molecule has 8 nitrogen and oxygen atoms in total. The van der Waals surface area contributed by atoms with E-state index in [9.17, 15) is 14.4 Å². The van der Waals surface area contributed by atoms with Crippen LogP contribution in [-0.4, -0.2) is 53.4 Å². The third-order valence-corrected chi connectivity index (χ3v) is 6.15. The van der Waals surface area contributed by atoms with Crippen LogP contribution in [0.1, 0.15) is 36.0 Å². The molecule has 0 atom stereocenters. The number of hydrogen-bond donors (Lipinski definition) is 2. The van der Waals surface area contributed by atoms with Crippen molar-refractivity contribution < 1.29 is 19.1 Å². The van der Waals surface area contributed by atoms with Gasteiger partial charge in [0, 0.05) is 24.7 Å². The topological polar surface area (TPSA) is 101 Å². The first-order valence-electron chi connectivity index (χ1n) is 10.7. The van der Waals surface area contributed by atoms with Crippen molar-refractivity contribution in [3.8, 4) is 0 Å². The molecule has 2 aromatic rings. The second kappa shape index (κ2) is 10.1. The number of hydrogen-bond acceptors (Lipinski definition) is 5. The summed E-state index contributed by atoms with van der Waals surface area (Å²) in [6.45, 7) is 1.33. The molecule has 1 aromatic heterocycles. The fraction of sp³-hybridized carbons (Fsp3) is 0.391. The van der Waals surface area contributed by atoms with Gasteiger partial charge in [0.25, 0.3) is 5.91 Å². The summed E-state index contributed by atoms with van der Waals surface area (Å²) in [5.74, 6) is -0.237. The van der Waals surface area contributed by atoms with E-state index in [4.69, 9.17) is 16.3 Å². The van der Waals surface area contributed by atoms with Gasteiger partial charge in [-0.2, -0.15) is 0 Å². The third kappa shape index (κ3) is 5.26. The van der Waals surface area contributed by atoms with Gasteiger partial charge in [0.1, 0.15) is 12.4 Å². The Labute approximate surface area is 191 Å². The van der Waals surface area contributed by atoms with Crippen molar-refractivity contribution in [2.24, 2.45) is 5.92 Å². The second-order valence-corrected chi connectivity index (χ2v) is 8.43. The molecule has 2 fully saturated rings. The molecule has 1 aromatic carbocycles. The minimum absolute atomic E-state index is 0.0271. The highest BCUT2D eigenvalue weighted by molar-refractivity contribution is 6.30. The number of amides is 3. The maximum Gasteiger partial charge on any atom is 0.258 e. The summed E-state index contributed by atoms with van der Waals surface area (Å²) in [5.41, 5.74) is 0.805. The average molecular weight is 457 g/mol. The molecule has 168 valence electrons. The summed E-state index contributed by atoms with van der Waals surface area (Å²) in [6, 6.07) is 10.3. The van der Waals surface area contributed by atoms with Gasteiger partial charge < -0.3 is 20.3 Å². The highest BCUT2D eigenvalue weighted by Crippen LogP contribution is 2.30. The van der Waals surface area contributed by atoms with Crippen LogP contribution >= 0.6 is 11.6 Å². The molecule has 2 aliphatic rings. The highest BCUT2D eigenvalue weighted by Gasteiger charge is 2.33. The van der Waals surface area contributed by atoms with Crippen LogP contribution in [0.5, 0.6) is 0 Å². The van der Waals surface area contributed by atoms with Crippen LogP contribution in [0.25, 0.3) is 0 Å². The van der Waals surface area contributed by atoms with Crippen molar-refractivity contribution in [3.05, 3.63) is 53.2 Å². The van der Waals surface area contributed by atoms with E-state index in [0.29, 0.717) is 48.1 Å². The summed E-state index contributed by atoms with van der Waals surface area (Å²) in [5, 5.41) is 6.11. The third-order valence-electron chi connectivity index (χ3n) is 5.93. The van der Waals surface area contributed by atoms with Crippen LogP contribution in [0.4, 0.5) is 11.5 Å². The van der Waals surface area contributed by atoms with E-state index >= 15 is 0 Å². The maximum absolute atomic E-state index is 12.9. The van der Waals surface area contributed by atoms with Gasteiger partial charge in [0.05, 0.1) is 22.9 Å². The monoisotopic (exact) mass is 456 g/mol. The minimum Gasteiger partial charge on any atom is -0.370 e. The van der Waals surface area contributed by atoms with Crippen LogP contribution < -0.4 is 10.6 Å². The number of aromatic nitrogens is 1. The summed E-state index contributed by atoms with van der Waals surface area (Å²) in [4.78, 5) is 43.7. The normalized spacial score (nSPS) is 21.2. The standard InChI is InChI=1S/C23H25ClN4O4/c24-16-7-10-20(25-13-16)27-23(31)18-3-1-2-4-19(18)26-22(30)15-5-8-17(9-6-15)28-11-12-32-14-21(28)29/h1-4,7,10,13,15,17H,5-6,8-9,11-12,14H2,(H,26,30)(H,25,27,31)/t15-,17-. The van der Waals surface area contributed by atoms with E-state index in [1.54, 1.807) is 36.4 Å². The van der Waals surface area contributed by atoms with Crippen LogP contribution in [0.3, 0.4) is 0 Å². The van der Waals surface area contributed by atoms with Gasteiger partial charge in [-0.15, -0.1) is 0 Å². The molecule has 0 radical (unpaired) electrons. The molecular formula is C23H25ClN4O4. The Morgan fingerprint density at radius 2 is 1.84 bits per heavy atom. The second-order valence-electron chi connectivity index (χ2n) is 8.00. The summed E-state index contributed by atoms with van der Waals surface area (Å²) >= 11 is 5.83. The number of ether oxygens (including phenoxy) is 1. The van der Waals surface area contributed by atoms with Crippen molar-refractivity contribution in [1.29, 1.82) is 0 Å². The molecule has 0 bridgehead atoms. The van der Waals surface area contributed by atoms with Crippen molar-refractivity contribution >= 4 is 40.8 Å². The number of pyridine rings is 1. The number of para-hydroxylation sites is 1. The molecule has 0 unspecified atom stereocenters. The van der Waals surface area contributed by atoms with Crippen molar-refractivity contribution in [2.45, 2.75) is 31.7 Å². The molecule has 1 saturated carbocycles. The van der Waals surface area contributed by atoms with Crippen LogP contribution in [0.15, 0.2) is 42.6 Å². The van der Waals surface area contributed by atoms with Gasteiger partial charge >= 0.3 is 0 Å². The van der Waals surface area contributed by atoms with Gasteiger partial charge in [-0.25, -0.2) is 4.98 Å². The zero-order chi connectivity index (χ0) is 22.5. The maximum atomic E-state index is 12.9. The number of benzene rings is 1. The molecule has 9 heteroatoms. The molecule has 2 heterocycles. The molecule has 2 N–H and O–H groups in total. The smallest absolute Gasteiger partial charge is 0.258 e. The Bertz CT molecular complexity index is 990. The SMILES string of the molecule is O=C(Nc1ccc(Cl)cn1)c1ccccc1NC(=O)[C@H]1CC[C@H](N2CCOCC2=O)CC1. The van der Waals surface area contributed by atoms with Crippen molar-refractivity contribution in [3.63, 3.8) is 0 Å². The Morgan fingerprint density at radius 3 is 2.56 bits per heavy atom. The lowest BCUT2D eigenvalue weighted by molar-refractivity contribution is -0.146. The van der Waals surface area contributed by atoms with Crippen molar-refractivity contribution in [2.75, 3.05) is 30.4 Å². The Hall–Kier alpha value is -2.97. The highest BCUT2D eigenvalue weighted by atomic mass is 35.5. The molecule has 1 aliphatic heterocycles. The number of anilines is 2. The molecule has 4 rings (SSSR count). The molecule has 1 saturated heterocycles. The molecule has 32 heavy (non-hydrogen) atoms. The van der Waals surface area contributed by atoms with Gasteiger partial charge in [0.2, 0.25) is 11.8 Å². The van der Waals surface area contributed by atoms with Gasteiger partial charge in [-0.1, -0.05) is 23.7 Å². The van der Waals surface area contributed by atoms with Gasteiger partial charge in [0.15, 0.2) is 0 Å². The fourth-order valence-electron chi connectivity index (χ4n) is 4.22. The molecule has 3 amide bonds. The van der Waals surface area contributed by atoms with E-state index in [2.05, 4.69) is 15.6 Å². The number of nitrogens with one attached hydrogen (secondary N) is 2. The number of rotatable bonds is 5.